The first-order valence-electron chi connectivity index (χ1n) is 11.7. The summed E-state index contributed by atoms with van der Waals surface area (Å²) in [7, 11) is 0. The molecule has 2 spiro atoms. The van der Waals surface area contributed by atoms with Gasteiger partial charge in [0, 0.05) is 55.1 Å². The van der Waals surface area contributed by atoms with Crippen molar-refractivity contribution >= 4 is 11.9 Å². The molecule has 31 heavy (non-hydrogen) atoms. The number of aliphatic hydroxyl groups excluding tert-OH is 1. The molecule has 6 aliphatic carbocycles. The van der Waals surface area contributed by atoms with E-state index in [0.29, 0.717) is 24.8 Å². The number of ether oxygens (including phenoxy) is 2. The summed E-state index contributed by atoms with van der Waals surface area (Å²) >= 11 is 0. The minimum atomic E-state index is -1.25. The van der Waals surface area contributed by atoms with Gasteiger partial charge in [-0.3, -0.25) is 14.5 Å². The molecule has 7 heteroatoms. The number of esters is 2. The molecule has 3 saturated heterocycles. The second-order valence-corrected chi connectivity index (χ2v) is 12.1. The topological polar surface area (TPSA) is 96.3 Å². The van der Waals surface area contributed by atoms with Crippen LogP contribution in [0.3, 0.4) is 0 Å². The third kappa shape index (κ3) is 1.65. The first-order chi connectivity index (χ1) is 14.5. The summed E-state index contributed by atoms with van der Waals surface area (Å²) in [5.74, 6) is -0.782. The van der Waals surface area contributed by atoms with Gasteiger partial charge in [0.25, 0.3) is 0 Å². The summed E-state index contributed by atoms with van der Waals surface area (Å²) < 4.78 is 11.8. The molecule has 9 rings (SSSR count). The molecule has 0 radical (unpaired) electrons. The van der Waals surface area contributed by atoms with Crippen molar-refractivity contribution in [2.24, 2.45) is 34.0 Å². The normalized spacial score (nSPS) is 63.5. The smallest absolute Gasteiger partial charge is 0.302 e. The predicted molar refractivity (Wildman–Crippen MR) is 107 cm³/mol. The lowest BCUT2D eigenvalue weighted by Crippen LogP contribution is -2.77. The zero-order chi connectivity index (χ0) is 21.9. The largest absolute Gasteiger partial charge is 0.463 e. The number of fused-ring (bicyclic) bond motifs is 1. The van der Waals surface area contributed by atoms with Crippen LogP contribution in [0.1, 0.15) is 46.5 Å². The summed E-state index contributed by atoms with van der Waals surface area (Å²) in [6.45, 7) is 10.3. The Balaban J connectivity index is 1.48. The molecule has 0 amide bonds. The van der Waals surface area contributed by atoms with E-state index in [1.807, 2.05) is 0 Å². The highest BCUT2D eigenvalue weighted by Gasteiger charge is 2.95. The molecule has 3 heterocycles. The monoisotopic (exact) mass is 429 g/mol. The Morgan fingerprint density at radius 2 is 1.84 bits per heavy atom. The van der Waals surface area contributed by atoms with Crippen LogP contribution in [0.15, 0.2) is 12.2 Å². The van der Waals surface area contributed by atoms with E-state index in [9.17, 15) is 19.8 Å². The first kappa shape index (κ1) is 19.1. The van der Waals surface area contributed by atoms with Crippen molar-refractivity contribution < 1.29 is 29.3 Å². The van der Waals surface area contributed by atoms with E-state index < -0.39 is 29.1 Å². The van der Waals surface area contributed by atoms with Crippen LogP contribution in [0.2, 0.25) is 0 Å². The van der Waals surface area contributed by atoms with Crippen molar-refractivity contribution in [2.75, 3.05) is 6.54 Å². The lowest BCUT2D eigenvalue weighted by Gasteiger charge is -2.68. The third-order valence-corrected chi connectivity index (χ3v) is 10.9. The number of aliphatic hydroxyl groups is 2. The van der Waals surface area contributed by atoms with Crippen LogP contribution >= 0.6 is 0 Å². The number of piperidine rings is 2. The quantitative estimate of drug-likeness (QED) is 0.500. The van der Waals surface area contributed by atoms with Gasteiger partial charge < -0.3 is 19.7 Å². The van der Waals surface area contributed by atoms with Crippen molar-refractivity contribution in [3.8, 4) is 0 Å². The maximum Gasteiger partial charge on any atom is 0.302 e. The summed E-state index contributed by atoms with van der Waals surface area (Å²) in [5.41, 5.74) is -1.23. The highest BCUT2D eigenvalue weighted by Crippen LogP contribution is 2.88. The van der Waals surface area contributed by atoms with Crippen LogP contribution in [0, 0.1) is 34.0 Å². The fourth-order valence-electron chi connectivity index (χ4n) is 11.3. The van der Waals surface area contributed by atoms with E-state index in [0.717, 1.165) is 25.0 Å². The lowest BCUT2D eigenvalue weighted by molar-refractivity contribution is -0.283. The van der Waals surface area contributed by atoms with Crippen LogP contribution in [-0.2, 0) is 19.1 Å². The van der Waals surface area contributed by atoms with Gasteiger partial charge in [-0.2, -0.15) is 0 Å². The fraction of sp³-hybridized carbons (Fsp3) is 0.833. The minimum absolute atomic E-state index is 0.0169. The van der Waals surface area contributed by atoms with Gasteiger partial charge in [0.15, 0.2) is 0 Å². The molecule has 13 atom stereocenters. The van der Waals surface area contributed by atoms with Gasteiger partial charge in [0.05, 0.1) is 6.10 Å². The van der Waals surface area contributed by atoms with Crippen LogP contribution < -0.4 is 0 Å². The number of hydrogen-bond donors (Lipinski definition) is 2. The molecule has 168 valence electrons. The van der Waals surface area contributed by atoms with Crippen LogP contribution in [0.4, 0.5) is 0 Å². The standard InChI is InChI=1S/C24H31NO6/c1-10-5-22-8-14-17-21(4)6-13(30-11(2)26)7-23(17)18(22)16(31-12(3)27)15(10)19(28)24(22,29)20(23)25(14)9-21/h13-20,28-29H,1,5-9H2,2-4H3. The number of nitrogens with zero attached hydrogens (tertiary/aromatic N) is 1. The average molecular weight is 430 g/mol. The van der Waals surface area contributed by atoms with Crippen LogP contribution in [-0.4, -0.2) is 69.6 Å². The Morgan fingerprint density at radius 3 is 2.52 bits per heavy atom. The van der Waals surface area contributed by atoms with E-state index in [2.05, 4.69) is 18.4 Å². The first-order valence-corrected chi connectivity index (χ1v) is 11.7. The molecule has 9 fully saturated rings. The number of rotatable bonds is 2. The van der Waals surface area contributed by atoms with E-state index in [1.165, 1.54) is 13.8 Å². The number of hydrogen-bond acceptors (Lipinski definition) is 7. The molecule has 0 aromatic carbocycles. The Kier molecular flexibility index (Phi) is 3.10. The summed E-state index contributed by atoms with van der Waals surface area (Å²) in [6.07, 6.45) is 1.29. The van der Waals surface area contributed by atoms with Gasteiger partial charge >= 0.3 is 11.9 Å². The maximum atomic E-state index is 12.4. The predicted octanol–water partition coefficient (Wildman–Crippen LogP) is 1.02. The van der Waals surface area contributed by atoms with Crippen LogP contribution in [0.5, 0.6) is 0 Å². The van der Waals surface area contributed by atoms with Gasteiger partial charge in [0.1, 0.15) is 17.8 Å². The molecule has 7 nitrogen and oxygen atoms in total. The molecule has 2 N–H and O–H groups in total. The van der Waals surface area contributed by atoms with Gasteiger partial charge in [0.2, 0.25) is 0 Å². The van der Waals surface area contributed by atoms with Crippen molar-refractivity contribution in [3.63, 3.8) is 0 Å². The van der Waals surface area contributed by atoms with E-state index in [-0.39, 0.29) is 40.8 Å². The molecular formula is C24H31NO6. The zero-order valence-corrected chi connectivity index (χ0v) is 18.3. The molecule has 3 aliphatic heterocycles. The fourth-order valence-corrected chi connectivity index (χ4v) is 11.3. The maximum absolute atomic E-state index is 12.4. The molecule has 0 aromatic heterocycles. The molecule has 0 aromatic rings. The van der Waals surface area contributed by atoms with Gasteiger partial charge in [-0.15, -0.1) is 0 Å². The lowest BCUT2D eigenvalue weighted by atomic mass is 9.39. The minimum Gasteiger partial charge on any atom is -0.463 e. The molecular weight excluding hydrogens is 398 g/mol. The van der Waals surface area contributed by atoms with E-state index in [4.69, 9.17) is 9.47 Å². The van der Waals surface area contributed by atoms with E-state index in [1.54, 1.807) is 0 Å². The molecule has 13 unspecified atom stereocenters. The Bertz CT molecular complexity index is 966. The van der Waals surface area contributed by atoms with Crippen molar-refractivity contribution in [1.82, 2.24) is 4.90 Å². The van der Waals surface area contributed by atoms with E-state index >= 15 is 0 Å². The van der Waals surface area contributed by atoms with Crippen LogP contribution in [0.25, 0.3) is 0 Å². The van der Waals surface area contributed by atoms with Gasteiger partial charge in [-0.05, 0) is 37.0 Å². The summed E-state index contributed by atoms with van der Waals surface area (Å²) in [4.78, 5) is 26.6. The number of carbonyl (C=O) groups excluding carboxylic acids is 2. The summed E-state index contributed by atoms with van der Waals surface area (Å²) in [6, 6.07) is 0.170. The Labute approximate surface area is 181 Å². The Hall–Kier alpha value is -1.44. The van der Waals surface area contributed by atoms with Gasteiger partial charge in [-0.25, -0.2) is 0 Å². The second-order valence-electron chi connectivity index (χ2n) is 12.1. The number of carbonyl (C=O) groups is 2. The van der Waals surface area contributed by atoms with Crippen molar-refractivity contribution in [2.45, 2.75) is 82.5 Å². The second kappa shape index (κ2) is 5.05. The molecule has 6 saturated carbocycles. The third-order valence-electron chi connectivity index (χ3n) is 10.9. The highest BCUT2D eigenvalue weighted by atomic mass is 16.5. The van der Waals surface area contributed by atoms with Crippen molar-refractivity contribution in [3.05, 3.63) is 12.2 Å². The van der Waals surface area contributed by atoms with Crippen molar-refractivity contribution in [1.29, 1.82) is 0 Å². The molecule has 9 aliphatic rings. The molecule has 9 bridgehead atoms. The van der Waals surface area contributed by atoms with Gasteiger partial charge in [-0.1, -0.05) is 19.1 Å². The average Bonchev–Trinajstić information content (AvgIpc) is 3.04. The Morgan fingerprint density at radius 1 is 1.13 bits per heavy atom. The zero-order valence-electron chi connectivity index (χ0n) is 18.3. The summed E-state index contributed by atoms with van der Waals surface area (Å²) in [5, 5.41) is 24.0. The highest BCUT2D eigenvalue weighted by molar-refractivity contribution is 5.67. The SMILES string of the molecule is C=C1CC23CC4C5C6(C)CC(OC(C)=O)CC57C2C(OC(C)=O)C1C(O)C3(O)C7N4C6.